The molecule has 1 amide bonds. The lowest BCUT2D eigenvalue weighted by atomic mass is 10.1. The van der Waals surface area contributed by atoms with Gasteiger partial charge in [-0.2, -0.15) is 0 Å². The molecule has 3 nitrogen and oxygen atoms in total. The van der Waals surface area contributed by atoms with Gasteiger partial charge in [0, 0.05) is 16.6 Å². The minimum Gasteiger partial charge on any atom is -0.379 e. The molecule has 1 rings (SSSR count). The van der Waals surface area contributed by atoms with Crippen LogP contribution < -0.4 is 5.32 Å². The summed E-state index contributed by atoms with van der Waals surface area (Å²) in [6.07, 6.45) is 2.64. The summed E-state index contributed by atoms with van der Waals surface area (Å²) in [5.41, 5.74) is 1.64. The predicted octanol–water partition coefficient (Wildman–Crippen LogP) is 3.08. The lowest BCUT2D eigenvalue weighted by Gasteiger charge is -2.09. The molecule has 1 aromatic rings. The van der Waals surface area contributed by atoms with Crippen LogP contribution >= 0.6 is 15.9 Å². The van der Waals surface area contributed by atoms with Crippen molar-refractivity contribution < 1.29 is 9.53 Å². The number of hydrogen-bond acceptors (Lipinski definition) is 2. The first-order chi connectivity index (χ1) is 8.66. The Bertz CT molecular complexity index is 418. The van der Waals surface area contributed by atoms with Crippen LogP contribution in [0, 0.1) is 6.92 Å². The second-order valence-corrected chi connectivity index (χ2v) is 4.71. The molecule has 0 atom stereocenters. The summed E-state index contributed by atoms with van der Waals surface area (Å²) in [6, 6.07) is 5.59. The highest BCUT2D eigenvalue weighted by Crippen LogP contribution is 2.19. The molecule has 0 radical (unpaired) electrons. The van der Waals surface area contributed by atoms with Crippen molar-refractivity contribution in [1.82, 2.24) is 5.32 Å². The van der Waals surface area contributed by atoms with Crippen LogP contribution in [-0.2, 0) is 4.74 Å². The number of halogens is 1. The Morgan fingerprint density at radius 2 is 2.28 bits per heavy atom. The molecular formula is C14H18BrNO2. The van der Waals surface area contributed by atoms with Crippen molar-refractivity contribution in [2.24, 2.45) is 0 Å². The molecule has 4 heteroatoms. The molecule has 1 N–H and O–H groups in total. The highest BCUT2D eigenvalue weighted by atomic mass is 79.9. The Morgan fingerprint density at radius 3 is 3.00 bits per heavy atom. The third-order valence-corrected chi connectivity index (χ3v) is 3.37. The van der Waals surface area contributed by atoms with Crippen molar-refractivity contribution in [2.45, 2.75) is 13.3 Å². The predicted molar refractivity (Wildman–Crippen MR) is 76.8 cm³/mol. The summed E-state index contributed by atoms with van der Waals surface area (Å²) in [5, 5.41) is 2.83. The SMILES string of the molecule is C=CCCOCCNC(=O)c1cccc(Br)c1C. The minimum absolute atomic E-state index is 0.0684. The van der Waals surface area contributed by atoms with Crippen LogP contribution in [0.4, 0.5) is 0 Å². The maximum Gasteiger partial charge on any atom is 0.251 e. The van der Waals surface area contributed by atoms with Crippen LogP contribution in [0.1, 0.15) is 22.3 Å². The van der Waals surface area contributed by atoms with E-state index in [1.54, 1.807) is 0 Å². The molecule has 0 bridgehead atoms. The number of nitrogens with one attached hydrogen (secondary N) is 1. The molecule has 0 fully saturated rings. The number of ether oxygens (including phenoxy) is 1. The van der Waals surface area contributed by atoms with E-state index < -0.39 is 0 Å². The first kappa shape index (κ1) is 14.9. The molecular weight excluding hydrogens is 294 g/mol. The van der Waals surface area contributed by atoms with E-state index >= 15 is 0 Å². The quantitative estimate of drug-likeness (QED) is 0.621. The Labute approximate surface area is 116 Å². The summed E-state index contributed by atoms with van der Waals surface area (Å²) < 4.78 is 6.26. The van der Waals surface area contributed by atoms with Gasteiger partial charge in [-0.15, -0.1) is 6.58 Å². The van der Waals surface area contributed by atoms with Crippen LogP contribution in [0.25, 0.3) is 0 Å². The van der Waals surface area contributed by atoms with Crippen LogP contribution in [0.3, 0.4) is 0 Å². The molecule has 0 unspecified atom stereocenters. The third kappa shape index (κ3) is 4.63. The highest BCUT2D eigenvalue weighted by Gasteiger charge is 2.09. The lowest BCUT2D eigenvalue weighted by molar-refractivity contribution is 0.0917. The number of carbonyl (C=O) groups excluding carboxylic acids is 1. The molecule has 18 heavy (non-hydrogen) atoms. The number of hydrogen-bond donors (Lipinski definition) is 1. The van der Waals surface area contributed by atoms with Gasteiger partial charge in [0.1, 0.15) is 0 Å². The molecule has 0 saturated carbocycles. The third-order valence-electron chi connectivity index (χ3n) is 2.51. The van der Waals surface area contributed by atoms with Crippen molar-refractivity contribution in [3.63, 3.8) is 0 Å². The van der Waals surface area contributed by atoms with Gasteiger partial charge in [-0.25, -0.2) is 0 Å². The molecule has 0 aliphatic heterocycles. The van der Waals surface area contributed by atoms with Crippen molar-refractivity contribution in [2.75, 3.05) is 19.8 Å². The van der Waals surface area contributed by atoms with E-state index in [9.17, 15) is 4.79 Å². The van der Waals surface area contributed by atoms with Gasteiger partial charge < -0.3 is 10.1 Å². The topological polar surface area (TPSA) is 38.3 Å². The molecule has 1 aromatic carbocycles. The zero-order valence-electron chi connectivity index (χ0n) is 10.5. The lowest BCUT2D eigenvalue weighted by Crippen LogP contribution is -2.28. The van der Waals surface area contributed by atoms with Gasteiger partial charge in [-0.05, 0) is 31.0 Å². The number of benzene rings is 1. The van der Waals surface area contributed by atoms with Crippen LogP contribution in [-0.4, -0.2) is 25.7 Å². The van der Waals surface area contributed by atoms with Gasteiger partial charge in [-0.3, -0.25) is 4.79 Å². The Kier molecular flexibility index (Phi) is 6.68. The van der Waals surface area contributed by atoms with E-state index in [-0.39, 0.29) is 5.91 Å². The first-order valence-corrected chi connectivity index (χ1v) is 6.68. The van der Waals surface area contributed by atoms with Gasteiger partial charge >= 0.3 is 0 Å². The van der Waals surface area contributed by atoms with Crippen molar-refractivity contribution in [1.29, 1.82) is 0 Å². The summed E-state index contributed by atoms with van der Waals surface area (Å²) in [6.45, 7) is 7.21. The molecule has 0 spiro atoms. The zero-order valence-corrected chi connectivity index (χ0v) is 12.1. The van der Waals surface area contributed by atoms with Gasteiger partial charge in [0.25, 0.3) is 5.91 Å². The second-order valence-electron chi connectivity index (χ2n) is 3.86. The first-order valence-electron chi connectivity index (χ1n) is 5.88. The average molecular weight is 312 g/mol. The highest BCUT2D eigenvalue weighted by molar-refractivity contribution is 9.10. The van der Waals surface area contributed by atoms with Crippen molar-refractivity contribution in [3.8, 4) is 0 Å². The summed E-state index contributed by atoms with van der Waals surface area (Å²) >= 11 is 3.41. The number of rotatable bonds is 7. The average Bonchev–Trinajstić information content (AvgIpc) is 2.36. The number of amides is 1. The zero-order chi connectivity index (χ0) is 13.4. The van der Waals surface area contributed by atoms with Crippen molar-refractivity contribution in [3.05, 3.63) is 46.5 Å². The van der Waals surface area contributed by atoms with Crippen LogP contribution in [0.2, 0.25) is 0 Å². The molecule has 0 aliphatic rings. The number of carbonyl (C=O) groups is 1. The Hall–Kier alpha value is -1.13. The molecule has 0 aliphatic carbocycles. The van der Waals surface area contributed by atoms with E-state index in [4.69, 9.17) is 4.74 Å². The fourth-order valence-corrected chi connectivity index (χ4v) is 1.82. The van der Waals surface area contributed by atoms with E-state index in [1.807, 2.05) is 31.2 Å². The van der Waals surface area contributed by atoms with Crippen molar-refractivity contribution >= 4 is 21.8 Å². The maximum absolute atomic E-state index is 11.9. The largest absolute Gasteiger partial charge is 0.379 e. The Balaban J connectivity index is 2.37. The van der Waals surface area contributed by atoms with E-state index in [1.165, 1.54) is 0 Å². The molecule has 0 heterocycles. The van der Waals surface area contributed by atoms with Crippen LogP contribution in [0.15, 0.2) is 35.3 Å². The normalized spacial score (nSPS) is 10.1. The second kappa shape index (κ2) is 8.06. The summed E-state index contributed by atoms with van der Waals surface area (Å²) in [5.74, 6) is -0.0684. The minimum atomic E-state index is -0.0684. The molecule has 0 saturated heterocycles. The molecule has 98 valence electrons. The van der Waals surface area contributed by atoms with E-state index in [0.29, 0.717) is 25.3 Å². The summed E-state index contributed by atoms with van der Waals surface area (Å²) in [4.78, 5) is 11.9. The standard InChI is InChI=1S/C14H18BrNO2/c1-3-4-9-18-10-8-16-14(17)12-6-5-7-13(15)11(12)2/h3,5-7H,1,4,8-10H2,2H3,(H,16,17). The van der Waals surface area contributed by atoms with Gasteiger partial charge in [0.15, 0.2) is 0 Å². The molecule has 0 aromatic heterocycles. The smallest absolute Gasteiger partial charge is 0.251 e. The van der Waals surface area contributed by atoms with Gasteiger partial charge in [0.05, 0.1) is 13.2 Å². The summed E-state index contributed by atoms with van der Waals surface area (Å²) in [7, 11) is 0. The maximum atomic E-state index is 11.9. The van der Waals surface area contributed by atoms with Gasteiger partial charge in [-0.1, -0.05) is 28.1 Å². The van der Waals surface area contributed by atoms with Gasteiger partial charge in [0.2, 0.25) is 0 Å². The fourth-order valence-electron chi connectivity index (χ4n) is 1.45. The Morgan fingerprint density at radius 1 is 1.50 bits per heavy atom. The van der Waals surface area contributed by atoms with E-state index in [0.717, 1.165) is 16.5 Å². The fraction of sp³-hybridized carbons (Fsp3) is 0.357. The monoisotopic (exact) mass is 311 g/mol. The van der Waals surface area contributed by atoms with E-state index in [2.05, 4.69) is 27.8 Å². The van der Waals surface area contributed by atoms with Crippen LogP contribution in [0.5, 0.6) is 0 Å².